The van der Waals surface area contributed by atoms with E-state index in [-0.39, 0.29) is 17.3 Å². The topological polar surface area (TPSA) is 104 Å². The second-order valence-electron chi connectivity index (χ2n) is 6.28. The van der Waals surface area contributed by atoms with Gasteiger partial charge in [-0.1, -0.05) is 11.6 Å². The van der Waals surface area contributed by atoms with Gasteiger partial charge in [0.05, 0.1) is 23.7 Å². The van der Waals surface area contributed by atoms with Crippen LogP contribution in [0.2, 0.25) is 5.02 Å². The fraction of sp³-hybridized carbons (Fsp3) is 0.333. The quantitative estimate of drug-likeness (QED) is 0.313. The highest BCUT2D eigenvalue weighted by atomic mass is 35.5. The Kier molecular flexibility index (Phi) is 7.63. The van der Waals surface area contributed by atoms with E-state index >= 15 is 0 Å². The van der Waals surface area contributed by atoms with Crippen molar-refractivity contribution in [2.75, 3.05) is 18.7 Å². The molecule has 0 radical (unpaired) electrons. The first-order valence-corrected chi connectivity index (χ1v) is 9.00. The molecule has 9 nitrogen and oxygen atoms in total. The van der Waals surface area contributed by atoms with Gasteiger partial charge in [0.1, 0.15) is 23.0 Å². The minimum atomic E-state index is -4.64. The first-order valence-electron chi connectivity index (χ1n) is 8.62. The van der Waals surface area contributed by atoms with Crippen molar-refractivity contribution >= 4 is 28.9 Å². The normalized spacial score (nSPS) is 11.4. The van der Waals surface area contributed by atoms with Crippen molar-refractivity contribution in [2.45, 2.75) is 26.1 Å². The maximum absolute atomic E-state index is 12.8. The predicted octanol–water partition coefficient (Wildman–Crippen LogP) is 4.77. The molecule has 13 heteroatoms. The van der Waals surface area contributed by atoms with Gasteiger partial charge in [-0.2, -0.15) is 13.2 Å². The van der Waals surface area contributed by atoms with Crippen LogP contribution >= 0.6 is 11.6 Å². The van der Waals surface area contributed by atoms with Crippen molar-refractivity contribution < 1.29 is 37.2 Å². The van der Waals surface area contributed by atoms with Gasteiger partial charge in [0.25, 0.3) is 5.69 Å². The van der Waals surface area contributed by atoms with Crippen molar-refractivity contribution in [2.24, 2.45) is 0 Å². The molecule has 0 amide bonds. The lowest BCUT2D eigenvalue weighted by molar-refractivity contribution is -0.384. The number of anilines is 1. The number of hydrogen-bond donors (Lipinski definition) is 0. The maximum atomic E-state index is 12.8. The Morgan fingerprint density at radius 3 is 2.52 bits per heavy atom. The third kappa shape index (κ3) is 6.43. The second-order valence-corrected chi connectivity index (χ2v) is 6.68. The van der Waals surface area contributed by atoms with Crippen LogP contribution in [0, 0.1) is 10.1 Å². The van der Waals surface area contributed by atoms with Crippen molar-refractivity contribution in [3.8, 4) is 11.6 Å². The number of hydrogen-bond acceptors (Lipinski definition) is 8. The Morgan fingerprint density at radius 1 is 1.32 bits per heavy atom. The van der Waals surface area contributed by atoms with Gasteiger partial charge < -0.3 is 9.47 Å². The Balaban J connectivity index is 2.37. The lowest BCUT2D eigenvalue weighted by Gasteiger charge is -2.21. The molecule has 1 aromatic carbocycles. The Morgan fingerprint density at radius 2 is 2.00 bits per heavy atom. The number of nitro groups is 1. The zero-order valence-electron chi connectivity index (χ0n) is 16.5. The van der Waals surface area contributed by atoms with Crippen molar-refractivity contribution in [3.63, 3.8) is 0 Å². The highest BCUT2D eigenvalue weighted by molar-refractivity contribution is 6.31. The van der Waals surface area contributed by atoms with Gasteiger partial charge in [-0.3, -0.25) is 19.7 Å². The van der Waals surface area contributed by atoms with Crippen molar-refractivity contribution in [1.82, 2.24) is 4.98 Å². The largest absolute Gasteiger partial charge is 0.462 e. The van der Waals surface area contributed by atoms with E-state index in [1.807, 2.05) is 0 Å². The molecule has 2 aromatic rings. The number of esters is 1. The number of aromatic nitrogens is 1. The molecule has 0 unspecified atom stereocenters. The van der Waals surface area contributed by atoms with Gasteiger partial charge in [-0.05, 0) is 26.0 Å². The van der Waals surface area contributed by atoms with E-state index in [4.69, 9.17) is 25.9 Å². The molecule has 0 spiro atoms. The lowest BCUT2D eigenvalue weighted by atomic mass is 10.2. The number of benzene rings is 1. The highest BCUT2D eigenvalue weighted by Gasteiger charge is 2.32. The lowest BCUT2D eigenvalue weighted by Crippen LogP contribution is -2.31. The molecule has 0 saturated carbocycles. The first kappa shape index (κ1) is 24.2. The van der Waals surface area contributed by atoms with Gasteiger partial charge in [0.15, 0.2) is 0 Å². The number of nitrogens with zero attached hydrogens (tertiary/aromatic N) is 3. The van der Waals surface area contributed by atoms with E-state index in [0.717, 1.165) is 17.2 Å². The Labute approximate surface area is 179 Å². The summed E-state index contributed by atoms with van der Waals surface area (Å²) in [5.74, 6) is -1.10. The van der Waals surface area contributed by atoms with Gasteiger partial charge in [-0.15, -0.1) is 0 Å². The molecular weight excluding hydrogens is 447 g/mol. The predicted molar refractivity (Wildman–Crippen MR) is 103 cm³/mol. The van der Waals surface area contributed by atoms with Crippen LogP contribution < -0.4 is 9.80 Å². The number of alkyl halides is 3. The summed E-state index contributed by atoms with van der Waals surface area (Å²) in [4.78, 5) is 31.2. The molecule has 0 aliphatic rings. The molecule has 1 heterocycles. The van der Waals surface area contributed by atoms with Crippen LogP contribution in [0.25, 0.3) is 0 Å². The number of carbonyl (C=O) groups excluding carboxylic acids is 1. The second kappa shape index (κ2) is 9.79. The zero-order chi connectivity index (χ0) is 23.3. The summed E-state index contributed by atoms with van der Waals surface area (Å²) in [5, 5.41) is 11.9. The van der Waals surface area contributed by atoms with Crippen LogP contribution in [0.1, 0.15) is 19.4 Å². The summed E-state index contributed by atoms with van der Waals surface area (Å²) in [5.41, 5.74) is -1.64. The third-order valence-corrected chi connectivity index (χ3v) is 3.89. The molecular formula is C18H17ClF3N3O6. The zero-order valence-corrected chi connectivity index (χ0v) is 17.2. The number of halogens is 4. The number of carbonyl (C=O) groups is 1. The van der Waals surface area contributed by atoms with Crippen LogP contribution in [0.4, 0.5) is 24.5 Å². The maximum Gasteiger partial charge on any atom is 0.417 e. The summed E-state index contributed by atoms with van der Waals surface area (Å²) in [6, 6.07) is 4.06. The van der Waals surface area contributed by atoms with E-state index in [0.29, 0.717) is 12.3 Å². The van der Waals surface area contributed by atoms with Gasteiger partial charge in [0, 0.05) is 18.3 Å². The molecule has 1 aromatic heterocycles. The van der Waals surface area contributed by atoms with Crippen molar-refractivity contribution in [1.29, 1.82) is 0 Å². The van der Waals surface area contributed by atoms with Gasteiger partial charge in [0.2, 0.25) is 5.88 Å². The molecule has 31 heavy (non-hydrogen) atoms. The van der Waals surface area contributed by atoms with Crippen LogP contribution in [0.5, 0.6) is 11.6 Å². The van der Waals surface area contributed by atoms with Gasteiger partial charge in [-0.25, -0.2) is 10.0 Å². The summed E-state index contributed by atoms with van der Waals surface area (Å²) in [6.45, 7) is 2.79. The molecule has 0 N–H and O–H groups in total. The Hall–Kier alpha value is -3.12. The van der Waals surface area contributed by atoms with Crippen LogP contribution in [-0.4, -0.2) is 35.6 Å². The van der Waals surface area contributed by atoms with Crippen molar-refractivity contribution in [3.05, 3.63) is 51.2 Å². The summed E-state index contributed by atoms with van der Waals surface area (Å²) in [6.07, 6.45) is -4.51. The van der Waals surface area contributed by atoms with E-state index < -0.39 is 46.0 Å². The minimum Gasteiger partial charge on any atom is -0.462 e. The average Bonchev–Trinajstić information content (AvgIpc) is 2.66. The third-order valence-electron chi connectivity index (χ3n) is 3.62. The average molecular weight is 464 g/mol. The molecule has 0 atom stereocenters. The van der Waals surface area contributed by atoms with Crippen LogP contribution in [0.3, 0.4) is 0 Å². The van der Waals surface area contributed by atoms with Crippen LogP contribution in [0.15, 0.2) is 30.5 Å². The SMILES string of the molecule is CON(CC(=O)OC(C)C)c1cc(Oc2ncc(C(F)(F)F)cc2Cl)ccc1[N+](=O)[O-]. The monoisotopic (exact) mass is 463 g/mol. The molecule has 0 aliphatic heterocycles. The van der Waals surface area contributed by atoms with E-state index in [1.54, 1.807) is 13.8 Å². The first-order chi connectivity index (χ1) is 14.4. The summed E-state index contributed by atoms with van der Waals surface area (Å²) >= 11 is 5.82. The fourth-order valence-corrected chi connectivity index (χ4v) is 2.56. The smallest absolute Gasteiger partial charge is 0.417 e. The molecule has 0 saturated heterocycles. The minimum absolute atomic E-state index is 0.0472. The summed E-state index contributed by atoms with van der Waals surface area (Å²) < 4.78 is 48.6. The molecule has 168 valence electrons. The number of ether oxygens (including phenoxy) is 2. The van der Waals surface area contributed by atoms with Gasteiger partial charge >= 0.3 is 12.1 Å². The fourth-order valence-electron chi connectivity index (χ4n) is 2.35. The van der Waals surface area contributed by atoms with E-state index in [1.165, 1.54) is 13.2 Å². The molecule has 0 aliphatic carbocycles. The summed E-state index contributed by atoms with van der Waals surface area (Å²) in [7, 11) is 1.19. The Bertz CT molecular complexity index is 971. The van der Waals surface area contributed by atoms with Crippen LogP contribution in [-0.2, 0) is 20.5 Å². The van der Waals surface area contributed by atoms with E-state index in [2.05, 4.69) is 4.98 Å². The number of nitro benzene ring substituents is 1. The molecule has 2 rings (SSSR count). The molecule has 0 bridgehead atoms. The molecule has 0 fully saturated rings. The van der Waals surface area contributed by atoms with E-state index in [9.17, 15) is 28.1 Å². The standard InChI is InChI=1S/C18H17ClF3N3O6/c1-10(2)30-16(26)9-24(29-3)15-7-12(4-5-14(15)25(27)28)31-17-13(19)6-11(8-23-17)18(20,21)22/h4-8,10H,9H2,1-3H3. The number of hydroxylamine groups is 1. The number of rotatable bonds is 8. The highest BCUT2D eigenvalue weighted by Crippen LogP contribution is 2.37. The number of pyridine rings is 1.